The molecule has 41 heavy (non-hydrogen) atoms. The first-order valence-electron chi connectivity index (χ1n) is 12.6. The standard InChI is InChI=1S/C29H31N5O7/c1-16(2)29(39)41-15-20-13-24(40-11-9-17-4-3-5-23(35)28(17)38)22(12-18(20)8-10-30)34-33-21-7-6-19(14-25(36)37)26(31)27(21)32/h3-7,12-13H,1,8-11,14-15,30-32H2,2H3,(H,36,37). The Balaban J connectivity index is 1.96. The Labute approximate surface area is 236 Å². The highest BCUT2D eigenvalue weighted by Crippen LogP contribution is 2.36. The van der Waals surface area contributed by atoms with E-state index >= 15 is 0 Å². The number of anilines is 2. The van der Waals surface area contributed by atoms with E-state index in [0.717, 1.165) is 5.56 Å². The number of hydrogen-bond donors (Lipinski definition) is 4. The summed E-state index contributed by atoms with van der Waals surface area (Å²) in [5.74, 6) is -2.55. The molecule has 0 saturated carbocycles. The number of carbonyl (C=O) groups excluding carboxylic acids is 3. The summed E-state index contributed by atoms with van der Waals surface area (Å²) < 4.78 is 11.3. The number of benzene rings is 2. The fourth-order valence-electron chi connectivity index (χ4n) is 3.85. The number of rotatable bonds is 13. The lowest BCUT2D eigenvalue weighted by atomic mass is 10.00. The summed E-state index contributed by atoms with van der Waals surface area (Å²) in [5.41, 5.74) is 20.8. The lowest BCUT2D eigenvalue weighted by molar-refractivity contribution is -0.140. The van der Waals surface area contributed by atoms with Crippen molar-refractivity contribution in [3.8, 4) is 5.75 Å². The molecule has 0 radical (unpaired) electrons. The number of aliphatic carboxylic acids is 1. The lowest BCUT2D eigenvalue weighted by Crippen LogP contribution is -2.18. The van der Waals surface area contributed by atoms with E-state index < -0.39 is 23.5 Å². The van der Waals surface area contributed by atoms with Crippen molar-refractivity contribution in [1.82, 2.24) is 0 Å². The van der Waals surface area contributed by atoms with Gasteiger partial charge >= 0.3 is 11.9 Å². The molecule has 0 saturated heterocycles. The second-order valence-corrected chi connectivity index (χ2v) is 9.17. The molecule has 0 amide bonds. The molecule has 214 valence electrons. The van der Waals surface area contributed by atoms with Crippen molar-refractivity contribution >= 4 is 46.3 Å². The van der Waals surface area contributed by atoms with Crippen LogP contribution >= 0.6 is 0 Å². The highest BCUT2D eigenvalue weighted by molar-refractivity contribution is 6.48. The van der Waals surface area contributed by atoms with E-state index in [-0.39, 0.29) is 60.1 Å². The molecule has 12 nitrogen and oxygen atoms in total. The van der Waals surface area contributed by atoms with Crippen molar-refractivity contribution in [2.24, 2.45) is 16.0 Å². The average Bonchev–Trinajstić information content (AvgIpc) is 2.92. The van der Waals surface area contributed by atoms with E-state index in [1.54, 1.807) is 18.2 Å². The number of azo groups is 1. The Morgan fingerprint density at radius 3 is 2.41 bits per heavy atom. The number of ether oxygens (including phenoxy) is 2. The molecule has 1 aliphatic rings. The number of carboxylic acid groups (broad SMARTS) is 1. The third-order valence-corrected chi connectivity index (χ3v) is 6.05. The van der Waals surface area contributed by atoms with E-state index in [9.17, 15) is 19.2 Å². The number of nitrogens with zero attached hydrogens (tertiary/aromatic N) is 2. The predicted molar refractivity (Wildman–Crippen MR) is 152 cm³/mol. The molecule has 0 spiro atoms. The van der Waals surface area contributed by atoms with Crippen LogP contribution in [0.3, 0.4) is 0 Å². The van der Waals surface area contributed by atoms with Gasteiger partial charge in [-0.15, -0.1) is 10.2 Å². The molecule has 0 bridgehead atoms. The monoisotopic (exact) mass is 561 g/mol. The number of Topliss-reactive ketones (excluding diaryl/α,β-unsaturated/α-hetero) is 1. The van der Waals surface area contributed by atoms with E-state index in [1.807, 2.05) is 0 Å². The molecule has 0 aliphatic heterocycles. The molecule has 0 unspecified atom stereocenters. The van der Waals surface area contributed by atoms with Crippen LogP contribution in [-0.4, -0.2) is 41.8 Å². The van der Waals surface area contributed by atoms with Crippen molar-refractivity contribution in [3.05, 3.63) is 76.9 Å². The first-order valence-corrected chi connectivity index (χ1v) is 12.6. The quantitative estimate of drug-likeness (QED) is 0.0699. The number of esters is 1. The van der Waals surface area contributed by atoms with Crippen LogP contribution < -0.4 is 21.9 Å². The fraction of sp³-hybridized carbons (Fsp3) is 0.241. The number of allylic oxidation sites excluding steroid dienone is 3. The van der Waals surface area contributed by atoms with Crippen LogP contribution in [0.25, 0.3) is 0 Å². The summed E-state index contributed by atoms with van der Waals surface area (Å²) in [5, 5.41) is 17.6. The van der Waals surface area contributed by atoms with Crippen LogP contribution in [0, 0.1) is 0 Å². The highest BCUT2D eigenvalue weighted by atomic mass is 16.5. The van der Waals surface area contributed by atoms with Gasteiger partial charge < -0.3 is 31.8 Å². The molecule has 0 aromatic heterocycles. The van der Waals surface area contributed by atoms with Gasteiger partial charge in [0, 0.05) is 17.6 Å². The van der Waals surface area contributed by atoms with E-state index in [4.69, 9.17) is 31.8 Å². The minimum Gasteiger partial charge on any atom is -0.491 e. The Morgan fingerprint density at radius 2 is 1.73 bits per heavy atom. The van der Waals surface area contributed by atoms with Crippen LogP contribution in [0.1, 0.15) is 30.0 Å². The van der Waals surface area contributed by atoms with Gasteiger partial charge in [-0.3, -0.25) is 14.4 Å². The number of ketones is 2. The van der Waals surface area contributed by atoms with Gasteiger partial charge in [0.25, 0.3) is 0 Å². The van der Waals surface area contributed by atoms with Gasteiger partial charge in [0.05, 0.1) is 24.4 Å². The summed E-state index contributed by atoms with van der Waals surface area (Å²) in [4.78, 5) is 46.9. The van der Waals surface area contributed by atoms with Crippen molar-refractivity contribution < 1.29 is 33.8 Å². The number of nitrogens with two attached hydrogens (primary N) is 3. The summed E-state index contributed by atoms with van der Waals surface area (Å²) in [6, 6.07) is 6.34. The minimum absolute atomic E-state index is 0.0292. The molecule has 0 atom stereocenters. The maximum Gasteiger partial charge on any atom is 0.333 e. The summed E-state index contributed by atoms with van der Waals surface area (Å²) >= 11 is 0. The second kappa shape index (κ2) is 13.8. The van der Waals surface area contributed by atoms with Crippen molar-refractivity contribution in [2.45, 2.75) is 32.8 Å². The Kier molecular flexibility index (Phi) is 10.3. The van der Waals surface area contributed by atoms with Gasteiger partial charge in [0.15, 0.2) is 0 Å². The first kappa shape index (κ1) is 30.4. The third kappa shape index (κ3) is 7.96. The second-order valence-electron chi connectivity index (χ2n) is 9.17. The zero-order valence-corrected chi connectivity index (χ0v) is 22.5. The number of carbonyl (C=O) groups is 4. The zero-order chi connectivity index (χ0) is 30.1. The topological polar surface area (TPSA) is 210 Å². The average molecular weight is 562 g/mol. The smallest absolute Gasteiger partial charge is 0.333 e. The van der Waals surface area contributed by atoms with Gasteiger partial charge in [-0.05, 0) is 60.9 Å². The van der Waals surface area contributed by atoms with Crippen LogP contribution in [0.2, 0.25) is 0 Å². The van der Waals surface area contributed by atoms with Crippen molar-refractivity contribution in [1.29, 1.82) is 0 Å². The molecule has 2 aromatic carbocycles. The van der Waals surface area contributed by atoms with Gasteiger partial charge in [-0.2, -0.15) is 0 Å². The van der Waals surface area contributed by atoms with E-state index in [0.29, 0.717) is 29.7 Å². The molecule has 12 heteroatoms. The summed E-state index contributed by atoms with van der Waals surface area (Å²) in [6.45, 7) is 5.37. The van der Waals surface area contributed by atoms with Crippen LogP contribution in [0.15, 0.2) is 70.4 Å². The lowest BCUT2D eigenvalue weighted by Gasteiger charge is -2.16. The van der Waals surface area contributed by atoms with Gasteiger partial charge in [0.1, 0.15) is 23.7 Å². The molecular weight excluding hydrogens is 530 g/mol. The maximum absolute atomic E-state index is 12.1. The largest absolute Gasteiger partial charge is 0.491 e. The van der Waals surface area contributed by atoms with Gasteiger partial charge in [-0.25, -0.2) is 4.79 Å². The fourth-order valence-corrected chi connectivity index (χ4v) is 3.85. The van der Waals surface area contributed by atoms with Crippen LogP contribution in [0.5, 0.6) is 5.75 Å². The molecule has 3 rings (SSSR count). The number of nitrogen functional groups attached to an aromatic ring is 2. The van der Waals surface area contributed by atoms with E-state index in [2.05, 4.69) is 16.8 Å². The normalized spacial score (nSPS) is 12.9. The number of hydrogen-bond acceptors (Lipinski definition) is 11. The van der Waals surface area contributed by atoms with Gasteiger partial charge in [0.2, 0.25) is 11.6 Å². The Hall–Kier alpha value is -5.10. The molecule has 0 heterocycles. The highest BCUT2D eigenvalue weighted by Gasteiger charge is 2.20. The van der Waals surface area contributed by atoms with E-state index in [1.165, 1.54) is 31.2 Å². The predicted octanol–water partition coefficient (Wildman–Crippen LogP) is 3.42. The summed E-state index contributed by atoms with van der Waals surface area (Å²) in [6.07, 6.45) is 4.55. The SMILES string of the molecule is C=C(C)C(=O)OCc1cc(OCCC2=CC=CC(=O)C2=O)c(N=Nc2ccc(CC(=O)O)c(N)c2N)cc1CCN. The van der Waals surface area contributed by atoms with Crippen molar-refractivity contribution in [2.75, 3.05) is 24.6 Å². The number of carboxylic acids is 1. The molecular formula is C29H31N5O7. The summed E-state index contributed by atoms with van der Waals surface area (Å²) in [7, 11) is 0. The first-order chi connectivity index (χ1) is 19.5. The molecule has 1 aliphatic carbocycles. The van der Waals surface area contributed by atoms with Crippen molar-refractivity contribution in [3.63, 3.8) is 0 Å². The maximum atomic E-state index is 12.1. The molecule has 7 N–H and O–H groups in total. The Morgan fingerprint density at radius 1 is 1.00 bits per heavy atom. The van der Waals surface area contributed by atoms with Gasteiger partial charge in [-0.1, -0.05) is 24.8 Å². The molecule has 0 fully saturated rings. The minimum atomic E-state index is -1.06. The van der Waals surface area contributed by atoms with Crippen LogP contribution in [-0.2, 0) is 43.4 Å². The zero-order valence-electron chi connectivity index (χ0n) is 22.5. The Bertz CT molecular complexity index is 1490. The van der Waals surface area contributed by atoms with Crippen LogP contribution in [0.4, 0.5) is 22.7 Å². The molecule has 2 aromatic rings. The third-order valence-electron chi connectivity index (χ3n) is 6.05.